The van der Waals surface area contributed by atoms with Gasteiger partial charge in [-0.3, -0.25) is 25.0 Å². The van der Waals surface area contributed by atoms with Gasteiger partial charge in [0.2, 0.25) is 0 Å². The van der Waals surface area contributed by atoms with Crippen molar-refractivity contribution in [1.82, 2.24) is 4.90 Å². The van der Waals surface area contributed by atoms with Crippen molar-refractivity contribution in [3.05, 3.63) is 68.3 Å². The quantitative estimate of drug-likeness (QED) is 0.540. The number of para-hydroxylation sites is 2. The third-order valence-corrected chi connectivity index (χ3v) is 4.69. The monoisotopic (exact) mass is 400 g/mol. The molecule has 152 valence electrons. The standard InChI is InChI=1S/C19H20N4O6/c1-2-29-18-8-7-14(13-17(18)23(27)28)19(24)21-11-9-20(10-12-21)15-5-3-4-6-16(15)22(25)26/h3-8,13H,2,9-12H2,1H3. The van der Waals surface area contributed by atoms with Crippen LogP contribution in [0.25, 0.3) is 0 Å². The molecule has 0 spiro atoms. The number of carbonyl (C=O) groups excluding carboxylic acids is 1. The number of carbonyl (C=O) groups is 1. The SMILES string of the molecule is CCOc1ccc(C(=O)N2CCN(c3ccccc3[N+](=O)[O-])CC2)cc1[N+](=O)[O-]. The first-order valence-corrected chi connectivity index (χ1v) is 9.11. The molecule has 1 aliphatic heterocycles. The van der Waals surface area contributed by atoms with Crippen molar-refractivity contribution < 1.29 is 19.4 Å². The summed E-state index contributed by atoms with van der Waals surface area (Å²) in [6.07, 6.45) is 0. The van der Waals surface area contributed by atoms with E-state index in [-0.39, 0.29) is 35.2 Å². The van der Waals surface area contributed by atoms with E-state index < -0.39 is 9.85 Å². The Morgan fingerprint density at radius 1 is 1.00 bits per heavy atom. The molecule has 0 radical (unpaired) electrons. The van der Waals surface area contributed by atoms with Crippen LogP contribution in [-0.4, -0.2) is 53.4 Å². The molecule has 1 amide bonds. The lowest BCUT2D eigenvalue weighted by Gasteiger charge is -2.35. The molecule has 0 atom stereocenters. The molecule has 0 unspecified atom stereocenters. The molecule has 2 aromatic carbocycles. The van der Waals surface area contributed by atoms with Crippen LogP contribution in [0, 0.1) is 20.2 Å². The van der Waals surface area contributed by atoms with Gasteiger partial charge in [-0.15, -0.1) is 0 Å². The lowest BCUT2D eigenvalue weighted by Crippen LogP contribution is -2.49. The van der Waals surface area contributed by atoms with E-state index in [0.29, 0.717) is 31.9 Å². The topological polar surface area (TPSA) is 119 Å². The number of rotatable bonds is 6. The number of benzene rings is 2. The van der Waals surface area contributed by atoms with Crippen LogP contribution in [0.2, 0.25) is 0 Å². The Hall–Kier alpha value is -3.69. The van der Waals surface area contributed by atoms with Gasteiger partial charge >= 0.3 is 5.69 Å². The molecule has 1 fully saturated rings. The van der Waals surface area contributed by atoms with Crippen molar-refractivity contribution in [2.45, 2.75) is 6.92 Å². The fourth-order valence-electron chi connectivity index (χ4n) is 3.29. The van der Waals surface area contributed by atoms with Gasteiger partial charge in [0.15, 0.2) is 5.75 Å². The van der Waals surface area contributed by atoms with Crippen molar-refractivity contribution in [2.24, 2.45) is 0 Å². The Kier molecular flexibility index (Phi) is 5.91. The average molecular weight is 400 g/mol. The van der Waals surface area contributed by atoms with Gasteiger partial charge in [0.25, 0.3) is 11.6 Å². The van der Waals surface area contributed by atoms with Crippen LogP contribution in [0.1, 0.15) is 17.3 Å². The summed E-state index contributed by atoms with van der Waals surface area (Å²) in [5.41, 5.74) is 0.492. The zero-order valence-electron chi connectivity index (χ0n) is 15.8. The molecule has 1 heterocycles. The molecule has 0 aliphatic carbocycles. The van der Waals surface area contributed by atoms with Crippen LogP contribution in [-0.2, 0) is 0 Å². The van der Waals surface area contributed by atoms with Crippen molar-refractivity contribution >= 4 is 23.0 Å². The van der Waals surface area contributed by atoms with E-state index in [0.717, 1.165) is 0 Å². The largest absolute Gasteiger partial charge is 0.487 e. The summed E-state index contributed by atoms with van der Waals surface area (Å²) in [6, 6.07) is 10.6. The summed E-state index contributed by atoms with van der Waals surface area (Å²) in [5.74, 6) is -0.200. The number of nitrogens with zero attached hydrogens (tertiary/aromatic N) is 4. The lowest BCUT2D eigenvalue weighted by atomic mass is 10.1. The molecular weight excluding hydrogens is 380 g/mol. The molecule has 2 aromatic rings. The predicted octanol–water partition coefficient (Wildman–Crippen LogP) is 2.86. The molecule has 0 N–H and O–H groups in total. The van der Waals surface area contributed by atoms with Gasteiger partial charge in [0, 0.05) is 43.9 Å². The van der Waals surface area contributed by atoms with Crippen LogP contribution >= 0.6 is 0 Å². The van der Waals surface area contributed by atoms with Crippen molar-refractivity contribution in [3.8, 4) is 5.75 Å². The fraction of sp³-hybridized carbons (Fsp3) is 0.316. The number of hydrogen-bond acceptors (Lipinski definition) is 7. The Labute approximate surface area is 166 Å². The Balaban J connectivity index is 1.73. The molecule has 3 rings (SSSR count). The van der Waals surface area contributed by atoms with Crippen LogP contribution in [0.4, 0.5) is 17.1 Å². The minimum atomic E-state index is -0.575. The zero-order valence-corrected chi connectivity index (χ0v) is 15.8. The number of anilines is 1. The summed E-state index contributed by atoms with van der Waals surface area (Å²) in [4.78, 5) is 37.8. The highest BCUT2D eigenvalue weighted by molar-refractivity contribution is 5.95. The Bertz CT molecular complexity index is 940. The second-order valence-corrected chi connectivity index (χ2v) is 6.40. The number of amides is 1. The maximum absolute atomic E-state index is 12.8. The lowest BCUT2D eigenvalue weighted by molar-refractivity contribution is -0.385. The van der Waals surface area contributed by atoms with Gasteiger partial charge in [-0.25, -0.2) is 0 Å². The molecule has 1 saturated heterocycles. The van der Waals surface area contributed by atoms with E-state index in [1.807, 2.05) is 4.90 Å². The van der Waals surface area contributed by atoms with Crippen molar-refractivity contribution in [2.75, 3.05) is 37.7 Å². The van der Waals surface area contributed by atoms with E-state index in [4.69, 9.17) is 4.74 Å². The molecule has 0 aromatic heterocycles. The van der Waals surface area contributed by atoms with Gasteiger partial charge in [0.1, 0.15) is 5.69 Å². The van der Waals surface area contributed by atoms with Gasteiger partial charge in [-0.05, 0) is 25.1 Å². The van der Waals surface area contributed by atoms with Gasteiger partial charge in [-0.2, -0.15) is 0 Å². The third kappa shape index (κ3) is 4.26. The van der Waals surface area contributed by atoms with Gasteiger partial charge in [0.05, 0.1) is 16.5 Å². The minimum Gasteiger partial charge on any atom is -0.487 e. The van der Waals surface area contributed by atoms with E-state index in [9.17, 15) is 25.0 Å². The maximum Gasteiger partial charge on any atom is 0.311 e. The highest BCUT2D eigenvalue weighted by atomic mass is 16.6. The second-order valence-electron chi connectivity index (χ2n) is 6.40. The average Bonchev–Trinajstić information content (AvgIpc) is 2.73. The smallest absolute Gasteiger partial charge is 0.311 e. The van der Waals surface area contributed by atoms with Crippen LogP contribution in [0.3, 0.4) is 0 Å². The molecular formula is C19H20N4O6. The highest BCUT2D eigenvalue weighted by Crippen LogP contribution is 2.30. The Morgan fingerprint density at radius 3 is 2.28 bits per heavy atom. The number of nitro benzene ring substituents is 2. The van der Waals surface area contributed by atoms with Crippen LogP contribution in [0.5, 0.6) is 5.75 Å². The maximum atomic E-state index is 12.8. The normalized spacial score (nSPS) is 13.8. The van der Waals surface area contributed by atoms with Gasteiger partial charge < -0.3 is 14.5 Å². The van der Waals surface area contributed by atoms with E-state index in [2.05, 4.69) is 0 Å². The summed E-state index contributed by atoms with van der Waals surface area (Å²) < 4.78 is 5.24. The molecule has 0 saturated carbocycles. The first kappa shape index (κ1) is 20.1. The van der Waals surface area contributed by atoms with E-state index >= 15 is 0 Å². The van der Waals surface area contributed by atoms with E-state index in [1.165, 1.54) is 24.3 Å². The van der Waals surface area contributed by atoms with Crippen molar-refractivity contribution in [1.29, 1.82) is 0 Å². The predicted molar refractivity (Wildman–Crippen MR) is 105 cm³/mol. The summed E-state index contributed by atoms with van der Waals surface area (Å²) in [7, 11) is 0. The number of nitro groups is 2. The zero-order chi connectivity index (χ0) is 21.0. The summed E-state index contributed by atoms with van der Waals surface area (Å²) in [6.45, 7) is 3.56. The first-order chi connectivity index (χ1) is 13.9. The summed E-state index contributed by atoms with van der Waals surface area (Å²) in [5, 5.41) is 22.5. The molecule has 29 heavy (non-hydrogen) atoms. The molecule has 1 aliphatic rings. The van der Waals surface area contributed by atoms with Crippen molar-refractivity contribution in [3.63, 3.8) is 0 Å². The molecule has 10 nitrogen and oxygen atoms in total. The van der Waals surface area contributed by atoms with Crippen LogP contribution < -0.4 is 9.64 Å². The number of hydrogen-bond donors (Lipinski definition) is 0. The molecule has 0 bridgehead atoms. The van der Waals surface area contributed by atoms with Crippen LogP contribution in [0.15, 0.2) is 42.5 Å². The minimum absolute atomic E-state index is 0.0226. The van der Waals surface area contributed by atoms with Gasteiger partial charge in [-0.1, -0.05) is 12.1 Å². The molecule has 10 heteroatoms. The van der Waals surface area contributed by atoms with E-state index in [1.54, 1.807) is 30.0 Å². The second kappa shape index (κ2) is 8.55. The number of ether oxygens (including phenoxy) is 1. The Morgan fingerprint density at radius 2 is 1.66 bits per heavy atom. The third-order valence-electron chi connectivity index (χ3n) is 4.69. The highest BCUT2D eigenvalue weighted by Gasteiger charge is 2.27. The summed E-state index contributed by atoms with van der Waals surface area (Å²) >= 11 is 0. The first-order valence-electron chi connectivity index (χ1n) is 9.11. The fourth-order valence-corrected chi connectivity index (χ4v) is 3.29. The number of piperazine rings is 1.